The van der Waals surface area contributed by atoms with Crippen LogP contribution < -0.4 is 4.74 Å². The second-order valence-corrected chi connectivity index (χ2v) is 9.51. The maximum absolute atomic E-state index is 13.0. The van der Waals surface area contributed by atoms with Crippen molar-refractivity contribution < 1.29 is 22.3 Å². The van der Waals surface area contributed by atoms with Crippen LogP contribution in [0.1, 0.15) is 16.2 Å². The first-order chi connectivity index (χ1) is 14.8. The number of halogens is 1. The van der Waals surface area contributed by atoms with Gasteiger partial charge in [-0.2, -0.15) is 0 Å². The average molecular weight is 462 g/mol. The summed E-state index contributed by atoms with van der Waals surface area (Å²) in [6, 6.07) is 11.5. The number of carbonyl (C=O) groups is 1. The van der Waals surface area contributed by atoms with Crippen LogP contribution in [0.2, 0.25) is 0 Å². The van der Waals surface area contributed by atoms with Crippen molar-refractivity contribution in [3.63, 3.8) is 0 Å². The van der Waals surface area contributed by atoms with Gasteiger partial charge < -0.3 is 4.74 Å². The van der Waals surface area contributed by atoms with Crippen molar-refractivity contribution in [1.82, 2.24) is 14.8 Å². The van der Waals surface area contributed by atoms with E-state index in [1.54, 1.807) is 10.6 Å². The molecule has 0 radical (unpaired) electrons. The van der Waals surface area contributed by atoms with Crippen molar-refractivity contribution in [1.29, 1.82) is 0 Å². The van der Waals surface area contributed by atoms with E-state index in [0.29, 0.717) is 28.8 Å². The first-order valence-electron chi connectivity index (χ1n) is 9.15. The number of rotatable bonds is 10. The molecule has 2 aromatic carbocycles. The van der Waals surface area contributed by atoms with E-state index in [1.165, 1.54) is 60.3 Å². The number of ether oxygens (including phenoxy) is 1. The van der Waals surface area contributed by atoms with E-state index in [2.05, 4.69) is 16.8 Å². The van der Waals surface area contributed by atoms with E-state index in [0.717, 1.165) is 6.26 Å². The number of Topliss-reactive ketones (excluding diaryl/α,β-unsaturated/α-hetero) is 1. The van der Waals surface area contributed by atoms with Crippen LogP contribution in [0, 0.1) is 5.82 Å². The molecule has 0 aliphatic heterocycles. The highest BCUT2D eigenvalue weighted by Gasteiger charge is 2.16. The van der Waals surface area contributed by atoms with Crippen LogP contribution >= 0.6 is 11.8 Å². The topological polar surface area (TPSA) is 91.2 Å². The summed E-state index contributed by atoms with van der Waals surface area (Å²) in [5.74, 6) is 0.624. The van der Waals surface area contributed by atoms with Gasteiger partial charge in [-0.15, -0.1) is 16.8 Å². The van der Waals surface area contributed by atoms with Crippen molar-refractivity contribution in [3.8, 4) is 5.75 Å². The van der Waals surface area contributed by atoms with E-state index >= 15 is 0 Å². The first-order valence-corrected chi connectivity index (χ1v) is 12.0. The number of aromatic nitrogens is 3. The van der Waals surface area contributed by atoms with E-state index in [4.69, 9.17) is 4.74 Å². The number of ketones is 1. The van der Waals surface area contributed by atoms with Crippen LogP contribution in [0.15, 0.2) is 71.2 Å². The summed E-state index contributed by atoms with van der Waals surface area (Å²) in [5, 5.41) is 8.78. The fraction of sp³-hybridized carbons (Fsp3) is 0.190. The van der Waals surface area contributed by atoms with Gasteiger partial charge >= 0.3 is 0 Å². The molecule has 0 amide bonds. The molecule has 3 aromatic rings. The Balaban J connectivity index is 1.66. The molecule has 0 atom stereocenters. The Kier molecular flexibility index (Phi) is 7.24. The number of sulfone groups is 1. The van der Waals surface area contributed by atoms with Crippen molar-refractivity contribution in [3.05, 3.63) is 78.4 Å². The largest absolute Gasteiger partial charge is 0.486 e. The molecular formula is C21H20FN3O4S2. The van der Waals surface area contributed by atoms with Gasteiger partial charge in [0.2, 0.25) is 0 Å². The van der Waals surface area contributed by atoms with Gasteiger partial charge in [0, 0.05) is 18.4 Å². The zero-order chi connectivity index (χ0) is 22.4. The lowest BCUT2D eigenvalue weighted by atomic mass is 10.1. The lowest BCUT2D eigenvalue weighted by Crippen LogP contribution is -2.09. The molecule has 10 heteroatoms. The Bertz CT molecular complexity index is 1170. The molecule has 0 N–H and O–H groups in total. The molecule has 0 aliphatic rings. The first kappa shape index (κ1) is 22.7. The van der Waals surface area contributed by atoms with Gasteiger partial charge in [-0.3, -0.25) is 9.36 Å². The highest BCUT2D eigenvalue weighted by molar-refractivity contribution is 7.99. The smallest absolute Gasteiger partial charge is 0.192 e. The van der Waals surface area contributed by atoms with Gasteiger partial charge in [0.15, 0.2) is 26.6 Å². The van der Waals surface area contributed by atoms with Crippen molar-refractivity contribution >= 4 is 27.4 Å². The Morgan fingerprint density at radius 2 is 1.84 bits per heavy atom. The second-order valence-electron chi connectivity index (χ2n) is 6.55. The normalized spacial score (nSPS) is 11.3. The number of hydrogen-bond donors (Lipinski definition) is 0. The van der Waals surface area contributed by atoms with Gasteiger partial charge in [-0.05, 0) is 36.4 Å². The van der Waals surface area contributed by atoms with Gasteiger partial charge in [0.05, 0.1) is 10.6 Å². The number of thioether (sulfide) groups is 1. The highest BCUT2D eigenvalue weighted by Crippen LogP contribution is 2.21. The van der Waals surface area contributed by atoms with Crippen LogP contribution in [0.4, 0.5) is 4.39 Å². The molecule has 0 spiro atoms. The molecule has 0 fully saturated rings. The monoisotopic (exact) mass is 461 g/mol. The molecule has 0 saturated heterocycles. The molecule has 1 heterocycles. The van der Waals surface area contributed by atoms with Crippen molar-refractivity contribution in [2.75, 3.05) is 12.0 Å². The summed E-state index contributed by atoms with van der Waals surface area (Å²) >= 11 is 1.21. The molecule has 0 bridgehead atoms. The highest BCUT2D eigenvalue weighted by atomic mass is 32.2. The average Bonchev–Trinajstić information content (AvgIpc) is 3.13. The molecule has 162 valence electrons. The predicted octanol–water partition coefficient (Wildman–Crippen LogP) is 3.56. The van der Waals surface area contributed by atoms with Gasteiger partial charge in [-0.1, -0.05) is 30.0 Å². The minimum Gasteiger partial charge on any atom is -0.486 e. The Hall–Kier alpha value is -2.98. The third-order valence-electron chi connectivity index (χ3n) is 4.22. The lowest BCUT2D eigenvalue weighted by molar-refractivity contribution is 0.102. The van der Waals surface area contributed by atoms with Gasteiger partial charge in [0.25, 0.3) is 0 Å². The van der Waals surface area contributed by atoms with E-state index in [9.17, 15) is 17.6 Å². The Labute approximate surface area is 183 Å². The third kappa shape index (κ3) is 6.02. The van der Waals surface area contributed by atoms with Crippen LogP contribution in [-0.2, 0) is 23.0 Å². The van der Waals surface area contributed by atoms with Gasteiger partial charge in [-0.25, -0.2) is 12.8 Å². The molecule has 0 saturated carbocycles. The minimum atomic E-state index is -3.32. The molecular weight excluding hydrogens is 441 g/mol. The summed E-state index contributed by atoms with van der Waals surface area (Å²) in [4.78, 5) is 12.7. The lowest BCUT2D eigenvalue weighted by Gasteiger charge is -2.09. The van der Waals surface area contributed by atoms with E-state index < -0.39 is 9.84 Å². The zero-order valence-corrected chi connectivity index (χ0v) is 18.3. The van der Waals surface area contributed by atoms with Crippen LogP contribution in [0.3, 0.4) is 0 Å². The number of carbonyl (C=O) groups excluding carboxylic acids is 1. The molecule has 1 aromatic heterocycles. The van der Waals surface area contributed by atoms with E-state index in [1.807, 2.05) is 0 Å². The molecule has 7 nitrogen and oxygen atoms in total. The third-order valence-corrected chi connectivity index (χ3v) is 6.32. The quantitative estimate of drug-likeness (QED) is 0.259. The predicted molar refractivity (Wildman–Crippen MR) is 116 cm³/mol. The second kappa shape index (κ2) is 9.88. The summed E-state index contributed by atoms with van der Waals surface area (Å²) in [5.41, 5.74) is 0.412. The summed E-state index contributed by atoms with van der Waals surface area (Å²) in [6.07, 6.45) is 2.80. The summed E-state index contributed by atoms with van der Waals surface area (Å²) < 4.78 is 43.5. The SMILES string of the molecule is C=CCn1c(COc2ccc(F)cc2)nnc1SCC(=O)c1ccc(S(C)(=O)=O)cc1. The van der Waals surface area contributed by atoms with Crippen LogP contribution in [0.25, 0.3) is 0 Å². The molecule has 0 unspecified atom stereocenters. The Morgan fingerprint density at radius 3 is 2.45 bits per heavy atom. The minimum absolute atomic E-state index is 0.103. The maximum Gasteiger partial charge on any atom is 0.192 e. The fourth-order valence-electron chi connectivity index (χ4n) is 2.63. The number of hydrogen-bond acceptors (Lipinski definition) is 7. The maximum atomic E-state index is 13.0. The van der Waals surface area contributed by atoms with Crippen LogP contribution in [0.5, 0.6) is 5.75 Å². The standard InChI is InChI=1S/C21H20FN3O4S2/c1-3-12-25-20(13-29-17-8-6-16(22)7-9-17)23-24-21(25)30-14-19(26)15-4-10-18(11-5-15)31(2,27)28/h3-11H,1,12-14H2,2H3. The fourth-order valence-corrected chi connectivity index (χ4v) is 4.12. The number of nitrogens with zero attached hydrogens (tertiary/aromatic N) is 3. The summed E-state index contributed by atoms with van der Waals surface area (Å²) in [6.45, 7) is 4.28. The van der Waals surface area contributed by atoms with Gasteiger partial charge in [0.1, 0.15) is 18.2 Å². The molecule has 0 aliphatic carbocycles. The van der Waals surface area contributed by atoms with Crippen molar-refractivity contribution in [2.24, 2.45) is 0 Å². The molecule has 31 heavy (non-hydrogen) atoms. The van der Waals surface area contributed by atoms with Crippen LogP contribution in [-0.4, -0.2) is 41.0 Å². The Morgan fingerprint density at radius 1 is 1.16 bits per heavy atom. The number of allylic oxidation sites excluding steroid dienone is 1. The molecule has 3 rings (SSSR count). The van der Waals surface area contributed by atoms with Crippen molar-refractivity contribution in [2.45, 2.75) is 23.2 Å². The van der Waals surface area contributed by atoms with E-state index in [-0.39, 0.29) is 28.9 Å². The zero-order valence-electron chi connectivity index (χ0n) is 16.7. The summed E-state index contributed by atoms with van der Waals surface area (Å²) in [7, 11) is -3.32. The number of benzene rings is 2.